The summed E-state index contributed by atoms with van der Waals surface area (Å²) in [5.74, 6) is 0.186. The minimum atomic E-state index is -0.212. The summed E-state index contributed by atoms with van der Waals surface area (Å²) >= 11 is 3.41. The molecule has 0 saturated carbocycles. The van der Waals surface area contributed by atoms with Gasteiger partial charge in [-0.1, -0.05) is 49.5 Å². The monoisotopic (exact) mass is 277 g/mol. The first kappa shape index (κ1) is 14.9. The van der Waals surface area contributed by atoms with Crippen molar-refractivity contribution in [3.63, 3.8) is 0 Å². The Morgan fingerprint density at radius 2 is 1.80 bits per heavy atom. The molecule has 1 N–H and O–H groups in total. The summed E-state index contributed by atoms with van der Waals surface area (Å²) in [5, 5.41) is 4.09. The molecular weight excluding hydrogens is 254 g/mol. The lowest BCUT2D eigenvalue weighted by atomic mass is 9.89. The maximum Gasteiger partial charge on any atom is 0.225 e. The lowest BCUT2D eigenvalue weighted by Gasteiger charge is -2.21. The molecule has 0 radical (unpaired) electrons. The van der Waals surface area contributed by atoms with Crippen LogP contribution in [0.3, 0.4) is 0 Å². The van der Waals surface area contributed by atoms with Crippen molar-refractivity contribution in [1.29, 1.82) is 0 Å². The first-order chi connectivity index (χ1) is 7.04. The maximum atomic E-state index is 11.7. The van der Waals surface area contributed by atoms with E-state index in [9.17, 15) is 4.79 Å². The van der Waals surface area contributed by atoms with Gasteiger partial charge in [0.2, 0.25) is 5.91 Å². The third-order valence-electron chi connectivity index (χ3n) is 2.84. The molecule has 2 nitrogen and oxygen atoms in total. The number of rotatable bonds is 8. The van der Waals surface area contributed by atoms with Gasteiger partial charge in [0, 0.05) is 17.3 Å². The molecule has 1 amide bonds. The molecule has 15 heavy (non-hydrogen) atoms. The summed E-state index contributed by atoms with van der Waals surface area (Å²) in [4.78, 5) is 11.7. The molecule has 0 aliphatic heterocycles. The summed E-state index contributed by atoms with van der Waals surface area (Å²) in [5.41, 5.74) is -0.212. The van der Waals surface area contributed by atoms with E-state index in [4.69, 9.17) is 0 Å². The Hall–Kier alpha value is -0.0500. The fraction of sp³-hybridized carbons (Fsp3) is 0.917. The van der Waals surface area contributed by atoms with Gasteiger partial charge in [-0.3, -0.25) is 4.79 Å². The Labute approximate surface area is 102 Å². The molecule has 0 aliphatic rings. The van der Waals surface area contributed by atoms with Gasteiger partial charge < -0.3 is 5.32 Å². The predicted octanol–water partition coefficient (Wildman–Crippen LogP) is 3.49. The number of hydrogen-bond acceptors (Lipinski definition) is 1. The van der Waals surface area contributed by atoms with Gasteiger partial charge in [0.15, 0.2) is 0 Å². The van der Waals surface area contributed by atoms with Crippen molar-refractivity contribution in [3.05, 3.63) is 0 Å². The van der Waals surface area contributed by atoms with Crippen molar-refractivity contribution in [2.24, 2.45) is 5.41 Å². The summed E-state index contributed by atoms with van der Waals surface area (Å²) in [7, 11) is 0. The van der Waals surface area contributed by atoms with Gasteiger partial charge in [-0.05, 0) is 19.3 Å². The zero-order valence-electron chi connectivity index (χ0n) is 10.2. The van der Waals surface area contributed by atoms with E-state index in [1.807, 2.05) is 13.8 Å². The Balaban J connectivity index is 3.47. The second kappa shape index (κ2) is 8.14. The van der Waals surface area contributed by atoms with E-state index in [-0.39, 0.29) is 11.3 Å². The van der Waals surface area contributed by atoms with Crippen LogP contribution in [0.15, 0.2) is 0 Å². The van der Waals surface area contributed by atoms with Crippen LogP contribution in [0.4, 0.5) is 0 Å². The van der Waals surface area contributed by atoms with Crippen molar-refractivity contribution in [2.75, 3.05) is 11.9 Å². The largest absolute Gasteiger partial charge is 0.356 e. The van der Waals surface area contributed by atoms with E-state index in [1.54, 1.807) is 0 Å². The molecule has 0 aliphatic carbocycles. The molecule has 0 aromatic heterocycles. The third kappa shape index (κ3) is 6.93. The van der Waals surface area contributed by atoms with Crippen LogP contribution in [-0.2, 0) is 4.79 Å². The number of hydrogen-bond donors (Lipinski definition) is 1. The van der Waals surface area contributed by atoms with E-state index in [0.29, 0.717) is 0 Å². The number of alkyl halides is 1. The summed E-state index contributed by atoms with van der Waals surface area (Å²) in [6.07, 6.45) is 5.67. The first-order valence-corrected chi connectivity index (χ1v) is 7.01. The maximum absolute atomic E-state index is 11.7. The average Bonchev–Trinajstić information content (AvgIpc) is 2.22. The molecule has 0 spiro atoms. The van der Waals surface area contributed by atoms with Gasteiger partial charge >= 0.3 is 0 Å². The quantitative estimate of drug-likeness (QED) is 0.534. The minimum Gasteiger partial charge on any atom is -0.356 e. The van der Waals surface area contributed by atoms with Crippen LogP contribution < -0.4 is 5.32 Å². The molecule has 3 heteroatoms. The zero-order chi connectivity index (χ0) is 11.7. The fourth-order valence-corrected chi connectivity index (χ4v) is 1.57. The first-order valence-electron chi connectivity index (χ1n) is 5.89. The lowest BCUT2D eigenvalue weighted by Crippen LogP contribution is -2.36. The van der Waals surface area contributed by atoms with Gasteiger partial charge in [-0.2, -0.15) is 0 Å². The van der Waals surface area contributed by atoms with Crippen molar-refractivity contribution >= 4 is 21.8 Å². The van der Waals surface area contributed by atoms with E-state index >= 15 is 0 Å². The van der Waals surface area contributed by atoms with Gasteiger partial charge in [-0.15, -0.1) is 0 Å². The van der Waals surface area contributed by atoms with Crippen molar-refractivity contribution < 1.29 is 4.79 Å². The van der Waals surface area contributed by atoms with Crippen LogP contribution in [0.25, 0.3) is 0 Å². The summed E-state index contributed by atoms with van der Waals surface area (Å²) in [6, 6.07) is 0. The number of carbonyl (C=O) groups excluding carboxylic acids is 1. The normalized spacial score (nSPS) is 11.5. The number of amides is 1. The Morgan fingerprint density at radius 1 is 1.20 bits per heavy atom. The molecule has 90 valence electrons. The number of unbranched alkanes of at least 4 members (excludes halogenated alkanes) is 3. The van der Waals surface area contributed by atoms with Crippen LogP contribution in [0.5, 0.6) is 0 Å². The van der Waals surface area contributed by atoms with Crippen molar-refractivity contribution in [3.8, 4) is 0 Å². The van der Waals surface area contributed by atoms with Crippen LogP contribution in [0.2, 0.25) is 0 Å². The summed E-state index contributed by atoms with van der Waals surface area (Å²) in [6.45, 7) is 6.86. The lowest BCUT2D eigenvalue weighted by molar-refractivity contribution is -0.129. The third-order valence-corrected chi connectivity index (χ3v) is 3.41. The number of halogens is 1. The van der Waals surface area contributed by atoms with Gasteiger partial charge in [0.1, 0.15) is 0 Å². The molecular formula is C12H24BrNO. The van der Waals surface area contributed by atoms with Gasteiger partial charge in [0.05, 0.1) is 0 Å². The molecule has 0 heterocycles. The molecule has 0 unspecified atom stereocenters. The standard InChI is InChI=1S/C12H24BrNO/c1-4-12(2,3)11(15)14-10-8-6-5-7-9-13/h4-10H2,1-3H3,(H,14,15). The predicted molar refractivity (Wildman–Crippen MR) is 69.3 cm³/mol. The fourth-order valence-electron chi connectivity index (χ4n) is 1.17. The molecule has 0 aromatic carbocycles. The SMILES string of the molecule is CCC(C)(C)C(=O)NCCCCCCBr. The van der Waals surface area contributed by atoms with Crippen LogP contribution in [0.1, 0.15) is 52.9 Å². The highest BCUT2D eigenvalue weighted by atomic mass is 79.9. The summed E-state index contributed by atoms with van der Waals surface area (Å²) < 4.78 is 0. The van der Waals surface area contributed by atoms with E-state index in [1.165, 1.54) is 19.3 Å². The molecule has 0 atom stereocenters. The zero-order valence-corrected chi connectivity index (χ0v) is 11.8. The smallest absolute Gasteiger partial charge is 0.225 e. The Bertz CT molecular complexity index is 180. The van der Waals surface area contributed by atoms with Crippen molar-refractivity contribution in [1.82, 2.24) is 5.32 Å². The van der Waals surface area contributed by atoms with E-state index in [2.05, 4.69) is 28.2 Å². The van der Waals surface area contributed by atoms with Gasteiger partial charge in [0.25, 0.3) is 0 Å². The number of carbonyl (C=O) groups is 1. The molecule has 0 rings (SSSR count). The minimum absolute atomic E-state index is 0.186. The van der Waals surface area contributed by atoms with Gasteiger partial charge in [-0.25, -0.2) is 0 Å². The van der Waals surface area contributed by atoms with Crippen LogP contribution in [-0.4, -0.2) is 17.8 Å². The van der Waals surface area contributed by atoms with Crippen LogP contribution in [0, 0.1) is 5.41 Å². The second-order valence-corrected chi connectivity index (χ2v) is 5.39. The molecule has 0 saturated heterocycles. The second-order valence-electron chi connectivity index (χ2n) is 4.60. The molecule has 0 bridgehead atoms. The highest BCUT2D eigenvalue weighted by molar-refractivity contribution is 9.09. The topological polar surface area (TPSA) is 29.1 Å². The van der Waals surface area contributed by atoms with Crippen LogP contribution >= 0.6 is 15.9 Å². The average molecular weight is 278 g/mol. The Kier molecular flexibility index (Phi) is 8.12. The molecule has 0 fully saturated rings. The highest BCUT2D eigenvalue weighted by Gasteiger charge is 2.24. The van der Waals surface area contributed by atoms with Crippen molar-refractivity contribution in [2.45, 2.75) is 52.9 Å². The number of nitrogens with one attached hydrogen (secondary N) is 1. The Morgan fingerprint density at radius 3 is 2.33 bits per heavy atom. The van der Waals surface area contributed by atoms with E-state index in [0.717, 1.165) is 24.7 Å². The highest BCUT2D eigenvalue weighted by Crippen LogP contribution is 2.19. The molecule has 0 aromatic rings. The van der Waals surface area contributed by atoms with E-state index < -0.39 is 0 Å².